The third-order valence-corrected chi connectivity index (χ3v) is 6.64. The average molecular weight is 479 g/mol. The number of nitrogens with two attached hydrogens (primary N) is 1. The first kappa shape index (κ1) is 22.7. The minimum absolute atomic E-state index is 0.0106. The summed E-state index contributed by atoms with van der Waals surface area (Å²) in [5, 5.41) is 5.45. The number of halogens is 2. The Hall–Kier alpha value is -4.05. The SMILES string of the molecule is N[C@@H]1C[C@@]2(CN1C(=O)C(Cc1cccc(F)c1)NC(=O)c1ccc[nH]1)C(=O)Nc1ccc(F)cc12. The molecule has 5 N–H and O–H groups in total. The Morgan fingerprint density at radius 2 is 1.94 bits per heavy atom. The number of H-pyrrole nitrogens is 1. The Bertz CT molecular complexity index is 1310. The highest BCUT2D eigenvalue weighted by molar-refractivity contribution is 6.07. The highest BCUT2D eigenvalue weighted by Gasteiger charge is 2.55. The van der Waals surface area contributed by atoms with E-state index in [0.29, 0.717) is 16.8 Å². The summed E-state index contributed by atoms with van der Waals surface area (Å²) in [6.07, 6.45) is 0.836. The number of anilines is 1. The van der Waals surface area contributed by atoms with E-state index in [0.717, 1.165) is 0 Å². The van der Waals surface area contributed by atoms with Crippen molar-refractivity contribution in [2.24, 2.45) is 5.73 Å². The molecule has 3 amide bonds. The molecule has 1 fully saturated rings. The summed E-state index contributed by atoms with van der Waals surface area (Å²) in [4.78, 5) is 43.5. The van der Waals surface area contributed by atoms with Crippen molar-refractivity contribution in [2.45, 2.75) is 30.5 Å². The molecule has 0 radical (unpaired) electrons. The van der Waals surface area contributed by atoms with Gasteiger partial charge in [0.25, 0.3) is 5.91 Å². The maximum absolute atomic E-state index is 14.0. The quantitative estimate of drug-likeness (QED) is 0.448. The molecule has 0 bridgehead atoms. The predicted molar refractivity (Wildman–Crippen MR) is 123 cm³/mol. The molecule has 1 unspecified atom stereocenters. The van der Waals surface area contributed by atoms with Gasteiger partial charge in [0.15, 0.2) is 0 Å². The molecule has 1 saturated heterocycles. The molecule has 1 spiro atoms. The first-order valence-electron chi connectivity index (χ1n) is 11.1. The van der Waals surface area contributed by atoms with Crippen molar-refractivity contribution < 1.29 is 23.2 Å². The van der Waals surface area contributed by atoms with Crippen LogP contribution in [0.3, 0.4) is 0 Å². The summed E-state index contributed by atoms with van der Waals surface area (Å²) >= 11 is 0. The van der Waals surface area contributed by atoms with Crippen LogP contribution in [-0.2, 0) is 21.4 Å². The van der Waals surface area contributed by atoms with Gasteiger partial charge in [0.1, 0.15) is 23.4 Å². The number of aromatic nitrogens is 1. The van der Waals surface area contributed by atoms with Crippen molar-refractivity contribution in [1.82, 2.24) is 15.2 Å². The minimum Gasteiger partial charge on any atom is -0.357 e. The smallest absolute Gasteiger partial charge is 0.268 e. The van der Waals surface area contributed by atoms with E-state index in [1.165, 1.54) is 41.3 Å². The Labute approximate surface area is 199 Å². The molecule has 2 aromatic carbocycles. The maximum Gasteiger partial charge on any atom is 0.268 e. The molecule has 3 aromatic rings. The van der Waals surface area contributed by atoms with E-state index < -0.39 is 41.1 Å². The molecule has 1 aromatic heterocycles. The molecule has 35 heavy (non-hydrogen) atoms. The van der Waals surface area contributed by atoms with Crippen LogP contribution < -0.4 is 16.4 Å². The molecule has 2 aliphatic rings. The van der Waals surface area contributed by atoms with Crippen LogP contribution in [0.15, 0.2) is 60.8 Å². The number of hydrogen-bond acceptors (Lipinski definition) is 4. The lowest BCUT2D eigenvalue weighted by Gasteiger charge is -2.28. The lowest BCUT2D eigenvalue weighted by atomic mass is 9.80. The van der Waals surface area contributed by atoms with Crippen molar-refractivity contribution in [3.63, 3.8) is 0 Å². The second kappa shape index (κ2) is 8.62. The van der Waals surface area contributed by atoms with E-state index >= 15 is 0 Å². The number of amides is 3. The van der Waals surface area contributed by atoms with Gasteiger partial charge in [-0.1, -0.05) is 12.1 Å². The maximum atomic E-state index is 14.0. The van der Waals surface area contributed by atoms with Crippen LogP contribution in [0, 0.1) is 11.6 Å². The monoisotopic (exact) mass is 479 g/mol. The summed E-state index contributed by atoms with van der Waals surface area (Å²) in [6.45, 7) is -0.0761. The molecule has 2 aliphatic heterocycles. The second-order valence-corrected chi connectivity index (χ2v) is 8.91. The number of fused-ring (bicyclic) bond motifs is 2. The number of benzene rings is 2. The molecule has 8 nitrogen and oxygen atoms in total. The highest BCUT2D eigenvalue weighted by Crippen LogP contribution is 2.45. The zero-order valence-corrected chi connectivity index (χ0v) is 18.6. The van der Waals surface area contributed by atoms with E-state index in [4.69, 9.17) is 5.73 Å². The van der Waals surface area contributed by atoms with Crippen LogP contribution in [0.25, 0.3) is 0 Å². The molecular formula is C25H23F2N5O3. The Morgan fingerprint density at radius 1 is 1.14 bits per heavy atom. The first-order chi connectivity index (χ1) is 16.8. The third-order valence-electron chi connectivity index (χ3n) is 6.64. The first-order valence-corrected chi connectivity index (χ1v) is 11.1. The van der Waals surface area contributed by atoms with Gasteiger partial charge in [-0.25, -0.2) is 8.78 Å². The largest absolute Gasteiger partial charge is 0.357 e. The molecule has 0 aliphatic carbocycles. The Balaban J connectivity index is 1.44. The van der Waals surface area contributed by atoms with Crippen molar-refractivity contribution in [3.05, 3.63) is 89.2 Å². The van der Waals surface area contributed by atoms with E-state index in [1.54, 1.807) is 24.4 Å². The van der Waals surface area contributed by atoms with Gasteiger partial charge in [-0.3, -0.25) is 14.4 Å². The van der Waals surface area contributed by atoms with Crippen LogP contribution in [0.1, 0.15) is 28.0 Å². The molecule has 180 valence electrons. The fourth-order valence-electron chi connectivity index (χ4n) is 4.93. The summed E-state index contributed by atoms with van der Waals surface area (Å²) in [5.41, 5.74) is 6.82. The van der Waals surface area contributed by atoms with Crippen LogP contribution in [0.5, 0.6) is 0 Å². The van der Waals surface area contributed by atoms with Gasteiger partial charge < -0.3 is 26.3 Å². The number of rotatable bonds is 5. The fraction of sp³-hybridized carbons (Fsp3) is 0.240. The predicted octanol–water partition coefficient (Wildman–Crippen LogP) is 2.04. The molecular weight excluding hydrogens is 456 g/mol. The van der Waals surface area contributed by atoms with Gasteiger partial charge in [0.2, 0.25) is 11.8 Å². The molecule has 10 heteroatoms. The summed E-state index contributed by atoms with van der Waals surface area (Å²) in [6, 6.07) is 11.9. The Morgan fingerprint density at radius 3 is 2.69 bits per heavy atom. The number of aromatic amines is 1. The number of likely N-dealkylation sites (tertiary alicyclic amines) is 1. The van der Waals surface area contributed by atoms with Crippen LogP contribution in [0.2, 0.25) is 0 Å². The van der Waals surface area contributed by atoms with Gasteiger partial charge in [-0.05, 0) is 53.6 Å². The summed E-state index contributed by atoms with van der Waals surface area (Å²) in [7, 11) is 0. The average Bonchev–Trinajstić information content (AvgIpc) is 3.53. The van der Waals surface area contributed by atoms with E-state index in [-0.39, 0.29) is 31.0 Å². The van der Waals surface area contributed by atoms with E-state index in [9.17, 15) is 23.2 Å². The molecule has 3 atom stereocenters. The number of nitrogens with one attached hydrogen (secondary N) is 3. The number of carbonyl (C=O) groups excluding carboxylic acids is 3. The zero-order chi connectivity index (χ0) is 24.7. The zero-order valence-electron chi connectivity index (χ0n) is 18.6. The number of hydrogen-bond donors (Lipinski definition) is 4. The van der Waals surface area contributed by atoms with E-state index in [2.05, 4.69) is 15.6 Å². The number of carbonyl (C=O) groups is 3. The molecule has 5 rings (SSSR count). The fourth-order valence-corrected chi connectivity index (χ4v) is 4.93. The second-order valence-electron chi connectivity index (χ2n) is 8.91. The third kappa shape index (κ3) is 4.06. The van der Waals surface area contributed by atoms with Gasteiger partial charge in [0, 0.05) is 31.3 Å². The lowest BCUT2D eigenvalue weighted by Crippen LogP contribution is -2.53. The summed E-state index contributed by atoms with van der Waals surface area (Å²) in [5.74, 6) is -2.36. The van der Waals surface area contributed by atoms with Crippen molar-refractivity contribution >= 4 is 23.4 Å². The van der Waals surface area contributed by atoms with Crippen LogP contribution >= 0.6 is 0 Å². The molecule has 0 saturated carbocycles. The van der Waals surface area contributed by atoms with Gasteiger partial charge in [-0.2, -0.15) is 0 Å². The Kier molecular flexibility index (Phi) is 5.60. The normalized spacial score (nSPS) is 21.6. The van der Waals surface area contributed by atoms with Gasteiger partial charge in [0.05, 0.1) is 11.6 Å². The standard InChI is InChI=1S/C25H23F2N5O3/c26-15-4-1-3-14(9-15)10-20(30-22(33)19-5-2-8-29-19)23(34)32-13-25(12-21(32)28)17-11-16(27)6-7-18(17)31-24(25)35/h1-9,11,20-21,29H,10,12-13,28H2,(H,30,33)(H,31,35)/t20?,21-,25-/m0/s1. The number of nitrogens with zero attached hydrogens (tertiary/aromatic N) is 1. The summed E-state index contributed by atoms with van der Waals surface area (Å²) < 4.78 is 27.8. The molecule has 3 heterocycles. The topological polar surface area (TPSA) is 120 Å². The van der Waals surface area contributed by atoms with Crippen molar-refractivity contribution in [2.75, 3.05) is 11.9 Å². The van der Waals surface area contributed by atoms with Crippen LogP contribution in [-0.4, -0.2) is 46.4 Å². The van der Waals surface area contributed by atoms with Crippen molar-refractivity contribution in [1.29, 1.82) is 0 Å². The lowest BCUT2D eigenvalue weighted by molar-refractivity contribution is -0.134. The van der Waals surface area contributed by atoms with Gasteiger partial charge in [-0.15, -0.1) is 0 Å². The van der Waals surface area contributed by atoms with E-state index in [1.807, 2.05) is 0 Å². The van der Waals surface area contributed by atoms with Crippen LogP contribution in [0.4, 0.5) is 14.5 Å². The highest BCUT2D eigenvalue weighted by atomic mass is 19.1. The van der Waals surface area contributed by atoms with Gasteiger partial charge >= 0.3 is 0 Å². The van der Waals surface area contributed by atoms with Crippen molar-refractivity contribution in [3.8, 4) is 0 Å². The minimum atomic E-state index is -1.20.